The summed E-state index contributed by atoms with van der Waals surface area (Å²) >= 11 is 4.14. The first-order chi connectivity index (χ1) is 6.09. The molecule has 0 fully saturated rings. The molecule has 66 valence electrons. The number of aryl methyl sites for hydroxylation is 1. The Balaban J connectivity index is 2.77. The van der Waals surface area contributed by atoms with Crippen LogP contribution in [0.3, 0.4) is 0 Å². The quantitative estimate of drug-likeness (QED) is 0.480. The summed E-state index contributed by atoms with van der Waals surface area (Å²) in [5, 5.41) is 2.22. The Bertz CT molecular complexity index is 426. The van der Waals surface area contributed by atoms with Crippen LogP contribution in [-0.2, 0) is 0 Å². The number of carbonyl (C=O) groups is 2. The van der Waals surface area contributed by atoms with E-state index in [9.17, 15) is 9.59 Å². The first-order valence-electron chi connectivity index (χ1n) is 3.79. The lowest BCUT2D eigenvalue weighted by molar-refractivity contribution is 0.0879. The maximum Gasteiger partial charge on any atom is 0.260 e. The highest BCUT2D eigenvalue weighted by Gasteiger charge is 2.28. The Morgan fingerprint density at radius 3 is 2.62 bits per heavy atom. The van der Waals surface area contributed by atoms with E-state index >= 15 is 0 Å². The third-order valence-electron chi connectivity index (χ3n) is 1.96. The van der Waals surface area contributed by atoms with E-state index < -0.39 is 0 Å². The van der Waals surface area contributed by atoms with E-state index in [0.29, 0.717) is 16.0 Å². The molecule has 1 N–H and O–H groups in total. The van der Waals surface area contributed by atoms with Crippen molar-refractivity contribution >= 4 is 24.4 Å². The average Bonchev–Trinajstić information content (AvgIpc) is 2.27. The van der Waals surface area contributed by atoms with Crippen LogP contribution in [0.15, 0.2) is 17.0 Å². The molecular weight excluding hydrogens is 186 g/mol. The highest BCUT2D eigenvalue weighted by atomic mass is 32.1. The summed E-state index contributed by atoms with van der Waals surface area (Å²) in [6.07, 6.45) is 0. The van der Waals surface area contributed by atoms with Crippen molar-refractivity contribution in [1.29, 1.82) is 0 Å². The van der Waals surface area contributed by atoms with Gasteiger partial charge in [0.25, 0.3) is 11.8 Å². The predicted octanol–water partition coefficient (Wildman–Crippen LogP) is 1.17. The Labute approximate surface area is 80.5 Å². The van der Waals surface area contributed by atoms with Gasteiger partial charge >= 0.3 is 0 Å². The van der Waals surface area contributed by atoms with Gasteiger partial charge in [0.05, 0.1) is 11.1 Å². The van der Waals surface area contributed by atoms with Gasteiger partial charge in [0.15, 0.2) is 0 Å². The van der Waals surface area contributed by atoms with Crippen LogP contribution in [0.2, 0.25) is 0 Å². The number of amides is 2. The molecule has 1 aromatic carbocycles. The lowest BCUT2D eigenvalue weighted by Crippen LogP contribution is -2.20. The van der Waals surface area contributed by atoms with Gasteiger partial charge < -0.3 is 0 Å². The molecule has 2 amide bonds. The molecule has 0 bridgehead atoms. The molecule has 0 aromatic heterocycles. The van der Waals surface area contributed by atoms with Crippen molar-refractivity contribution in [3.63, 3.8) is 0 Å². The number of imide groups is 1. The molecular formula is C9H7NO2S. The van der Waals surface area contributed by atoms with Gasteiger partial charge in [0.2, 0.25) is 0 Å². The fourth-order valence-corrected chi connectivity index (χ4v) is 1.84. The molecule has 13 heavy (non-hydrogen) atoms. The molecule has 2 rings (SSSR count). The van der Waals surface area contributed by atoms with Crippen molar-refractivity contribution in [3.8, 4) is 0 Å². The summed E-state index contributed by atoms with van der Waals surface area (Å²) in [6.45, 7) is 1.86. The summed E-state index contributed by atoms with van der Waals surface area (Å²) in [7, 11) is 0. The number of hydrogen-bond acceptors (Lipinski definition) is 3. The van der Waals surface area contributed by atoms with Gasteiger partial charge in [-0.2, -0.15) is 0 Å². The fraction of sp³-hybridized carbons (Fsp3) is 0.111. The van der Waals surface area contributed by atoms with Crippen molar-refractivity contribution in [2.24, 2.45) is 0 Å². The maximum absolute atomic E-state index is 11.2. The largest absolute Gasteiger partial charge is 0.288 e. The number of benzene rings is 1. The Morgan fingerprint density at radius 1 is 1.23 bits per heavy atom. The zero-order valence-electron chi connectivity index (χ0n) is 6.92. The molecule has 1 heterocycles. The highest BCUT2D eigenvalue weighted by Crippen LogP contribution is 2.24. The second-order valence-electron chi connectivity index (χ2n) is 2.99. The van der Waals surface area contributed by atoms with Crippen LogP contribution in [0.5, 0.6) is 0 Å². The fourth-order valence-electron chi connectivity index (χ4n) is 1.42. The molecule has 0 saturated heterocycles. The van der Waals surface area contributed by atoms with E-state index in [4.69, 9.17) is 0 Å². The number of rotatable bonds is 0. The second-order valence-corrected chi connectivity index (χ2v) is 3.47. The topological polar surface area (TPSA) is 46.2 Å². The lowest BCUT2D eigenvalue weighted by Gasteiger charge is -2.00. The SMILES string of the molecule is Cc1cc(S)c2c(c1)C(=O)NC2=O. The average molecular weight is 193 g/mol. The molecule has 0 radical (unpaired) electrons. The van der Waals surface area contributed by atoms with Gasteiger partial charge in [-0.15, -0.1) is 12.6 Å². The normalized spacial score (nSPS) is 14.3. The van der Waals surface area contributed by atoms with Gasteiger partial charge in [-0.1, -0.05) is 0 Å². The zero-order chi connectivity index (χ0) is 9.59. The molecule has 0 unspecified atom stereocenters. The summed E-state index contributed by atoms with van der Waals surface area (Å²) in [6, 6.07) is 3.45. The molecule has 1 aliphatic heterocycles. The van der Waals surface area contributed by atoms with Crippen molar-refractivity contribution in [3.05, 3.63) is 28.8 Å². The minimum absolute atomic E-state index is 0.334. The lowest BCUT2D eigenvalue weighted by atomic mass is 10.1. The molecule has 0 atom stereocenters. The molecule has 0 saturated carbocycles. The molecule has 3 nitrogen and oxygen atoms in total. The van der Waals surface area contributed by atoms with E-state index in [2.05, 4.69) is 17.9 Å². The van der Waals surface area contributed by atoms with Crippen molar-refractivity contribution in [2.45, 2.75) is 11.8 Å². The summed E-state index contributed by atoms with van der Waals surface area (Å²) in [5.41, 5.74) is 1.74. The van der Waals surface area contributed by atoms with Crippen molar-refractivity contribution < 1.29 is 9.59 Å². The maximum atomic E-state index is 11.2. The first-order valence-corrected chi connectivity index (χ1v) is 4.23. The summed E-state index contributed by atoms with van der Waals surface area (Å²) in [4.78, 5) is 23.0. The van der Waals surface area contributed by atoms with E-state index in [0.717, 1.165) is 5.56 Å². The zero-order valence-corrected chi connectivity index (χ0v) is 7.81. The van der Waals surface area contributed by atoms with Crippen LogP contribution in [0, 0.1) is 6.92 Å². The first kappa shape index (κ1) is 8.31. The number of fused-ring (bicyclic) bond motifs is 1. The standard InChI is InChI=1S/C9H7NO2S/c1-4-2-5-7(6(13)3-4)9(12)10-8(5)11/h2-3,13H,1H3,(H,10,11,12). The minimum atomic E-state index is -0.356. The van der Waals surface area contributed by atoms with Gasteiger partial charge in [-0.3, -0.25) is 14.9 Å². The van der Waals surface area contributed by atoms with Crippen LogP contribution in [0.25, 0.3) is 0 Å². The van der Waals surface area contributed by atoms with Gasteiger partial charge in [-0.25, -0.2) is 0 Å². The van der Waals surface area contributed by atoms with Gasteiger partial charge in [0.1, 0.15) is 0 Å². The van der Waals surface area contributed by atoms with Crippen LogP contribution < -0.4 is 5.32 Å². The van der Waals surface area contributed by atoms with E-state index in [1.807, 2.05) is 6.92 Å². The third-order valence-corrected chi connectivity index (χ3v) is 2.31. The number of thiol groups is 1. The van der Waals surface area contributed by atoms with Crippen LogP contribution in [0.4, 0.5) is 0 Å². The molecule has 0 aliphatic carbocycles. The minimum Gasteiger partial charge on any atom is -0.288 e. The van der Waals surface area contributed by atoms with Gasteiger partial charge in [-0.05, 0) is 24.6 Å². The molecule has 1 aromatic rings. The second kappa shape index (κ2) is 2.60. The Hall–Kier alpha value is -1.29. The van der Waals surface area contributed by atoms with Crippen molar-refractivity contribution in [1.82, 2.24) is 5.32 Å². The Morgan fingerprint density at radius 2 is 1.92 bits per heavy atom. The van der Waals surface area contributed by atoms with Crippen LogP contribution in [-0.4, -0.2) is 11.8 Å². The van der Waals surface area contributed by atoms with Crippen molar-refractivity contribution in [2.75, 3.05) is 0 Å². The number of hydrogen-bond donors (Lipinski definition) is 2. The summed E-state index contributed by atoms with van der Waals surface area (Å²) < 4.78 is 0. The number of nitrogens with one attached hydrogen (secondary N) is 1. The predicted molar refractivity (Wildman–Crippen MR) is 50.2 cm³/mol. The molecule has 1 aliphatic rings. The number of carbonyl (C=O) groups excluding carboxylic acids is 2. The molecule has 4 heteroatoms. The van der Waals surface area contributed by atoms with E-state index in [1.54, 1.807) is 12.1 Å². The molecule has 0 spiro atoms. The summed E-state index contributed by atoms with van der Waals surface area (Å²) in [5.74, 6) is -0.691. The smallest absolute Gasteiger partial charge is 0.260 e. The third kappa shape index (κ3) is 1.14. The van der Waals surface area contributed by atoms with E-state index in [-0.39, 0.29) is 11.8 Å². The highest BCUT2D eigenvalue weighted by molar-refractivity contribution is 7.80. The Kier molecular flexibility index (Phi) is 1.66. The van der Waals surface area contributed by atoms with Crippen LogP contribution in [0.1, 0.15) is 26.3 Å². The van der Waals surface area contributed by atoms with Crippen LogP contribution >= 0.6 is 12.6 Å². The monoisotopic (exact) mass is 193 g/mol. The van der Waals surface area contributed by atoms with Gasteiger partial charge in [0, 0.05) is 4.90 Å². The van der Waals surface area contributed by atoms with E-state index in [1.165, 1.54) is 0 Å².